The molecular weight excluding hydrogens is 242 g/mol. The van der Waals surface area contributed by atoms with Crippen LogP contribution in [0, 0.1) is 5.92 Å². The molecule has 1 heterocycles. The number of hydrogen-bond acceptors (Lipinski definition) is 2. The van der Waals surface area contributed by atoms with Gasteiger partial charge in [0.2, 0.25) is 5.91 Å². The number of likely N-dealkylation sites (tertiary alicyclic amines) is 1. The summed E-state index contributed by atoms with van der Waals surface area (Å²) < 4.78 is 0. The number of hydrogen-bond donors (Lipinski definition) is 0. The molecule has 4 heteroatoms. The summed E-state index contributed by atoms with van der Waals surface area (Å²) >= 11 is 7.53. The minimum Gasteiger partial charge on any atom is -0.344 e. The normalized spacial score (nSPS) is 25.1. The van der Waals surface area contributed by atoms with Crippen LogP contribution >= 0.6 is 23.4 Å². The van der Waals surface area contributed by atoms with Crippen LogP contribution in [-0.2, 0) is 4.79 Å². The number of carbonyl (C=O) groups excluding carboxylic acids is 1. The van der Waals surface area contributed by atoms with Gasteiger partial charge in [0.25, 0.3) is 0 Å². The zero-order valence-corrected chi connectivity index (χ0v) is 10.7. The third-order valence-electron chi connectivity index (χ3n) is 2.76. The fourth-order valence-corrected chi connectivity index (χ4v) is 3.52. The number of carbonyl (C=O) groups is 1. The number of benzene rings is 1. The molecule has 0 spiro atoms. The second-order valence-corrected chi connectivity index (χ2v) is 5.51. The van der Waals surface area contributed by atoms with Crippen molar-refractivity contribution in [3.8, 4) is 0 Å². The van der Waals surface area contributed by atoms with Crippen LogP contribution in [0.5, 0.6) is 0 Å². The zero-order chi connectivity index (χ0) is 11.5. The van der Waals surface area contributed by atoms with E-state index >= 15 is 0 Å². The molecule has 1 aliphatic heterocycles. The van der Waals surface area contributed by atoms with Crippen LogP contribution in [-0.4, -0.2) is 35.5 Å². The Morgan fingerprint density at radius 3 is 2.75 bits per heavy atom. The van der Waals surface area contributed by atoms with Crippen molar-refractivity contribution in [3.63, 3.8) is 0 Å². The molecule has 1 fully saturated rings. The summed E-state index contributed by atoms with van der Waals surface area (Å²) in [6.07, 6.45) is 0. The molecule has 0 aliphatic carbocycles. The van der Waals surface area contributed by atoms with Crippen LogP contribution in [0.2, 0.25) is 0 Å². The molecule has 16 heavy (non-hydrogen) atoms. The predicted molar refractivity (Wildman–Crippen MR) is 67.9 cm³/mol. The Morgan fingerprint density at radius 1 is 1.44 bits per heavy atom. The average Bonchev–Trinajstić information content (AvgIpc) is 2.58. The van der Waals surface area contributed by atoms with Crippen molar-refractivity contribution < 1.29 is 4.79 Å². The van der Waals surface area contributed by atoms with E-state index in [9.17, 15) is 4.79 Å². The van der Waals surface area contributed by atoms with Gasteiger partial charge in [-0.1, -0.05) is 18.2 Å². The predicted octanol–water partition coefficient (Wildman–Crippen LogP) is 2.47. The fraction of sp³-hybridized carbons (Fsp3) is 0.417. The second kappa shape index (κ2) is 5.11. The molecule has 2 nitrogen and oxygen atoms in total. The summed E-state index contributed by atoms with van der Waals surface area (Å²) in [5, 5.41) is -0.0232. The molecule has 0 aromatic heterocycles. The summed E-state index contributed by atoms with van der Waals surface area (Å²) in [5.41, 5.74) is 0. The third-order valence-corrected chi connectivity index (χ3v) is 4.54. The van der Waals surface area contributed by atoms with Crippen molar-refractivity contribution in [3.05, 3.63) is 30.3 Å². The lowest BCUT2D eigenvalue weighted by Crippen LogP contribution is -2.24. The van der Waals surface area contributed by atoms with E-state index in [0.717, 1.165) is 11.4 Å². The van der Waals surface area contributed by atoms with Gasteiger partial charge in [-0.15, -0.1) is 23.4 Å². The van der Waals surface area contributed by atoms with Crippen molar-refractivity contribution in [2.75, 3.05) is 19.5 Å². The first-order chi connectivity index (χ1) is 7.72. The van der Waals surface area contributed by atoms with Gasteiger partial charge in [0, 0.05) is 30.3 Å². The summed E-state index contributed by atoms with van der Waals surface area (Å²) in [6, 6.07) is 10.0. The van der Waals surface area contributed by atoms with Gasteiger partial charge in [0.05, 0.1) is 5.25 Å². The van der Waals surface area contributed by atoms with E-state index in [0.29, 0.717) is 5.88 Å². The van der Waals surface area contributed by atoms with Gasteiger partial charge in [-0.25, -0.2) is 0 Å². The van der Waals surface area contributed by atoms with Crippen LogP contribution < -0.4 is 0 Å². The van der Waals surface area contributed by atoms with Gasteiger partial charge in [-0.05, 0) is 12.1 Å². The lowest BCUT2D eigenvalue weighted by atomic mass is 10.1. The molecule has 2 rings (SSSR count). The number of alkyl halides is 1. The highest BCUT2D eigenvalue weighted by Crippen LogP contribution is 2.34. The van der Waals surface area contributed by atoms with Crippen LogP contribution in [0.4, 0.5) is 0 Å². The highest BCUT2D eigenvalue weighted by Gasteiger charge is 2.38. The SMILES string of the molecule is CN1CC(CCl)C(Sc2ccccc2)C1=O. The molecule has 1 aliphatic rings. The first-order valence-electron chi connectivity index (χ1n) is 5.25. The minimum absolute atomic E-state index is 0.0232. The number of amides is 1. The second-order valence-electron chi connectivity index (χ2n) is 3.98. The average molecular weight is 256 g/mol. The molecule has 86 valence electrons. The van der Waals surface area contributed by atoms with Crippen molar-refractivity contribution in [1.82, 2.24) is 4.90 Å². The maximum absolute atomic E-state index is 11.9. The molecule has 1 amide bonds. The maximum Gasteiger partial charge on any atom is 0.236 e. The zero-order valence-electron chi connectivity index (χ0n) is 9.10. The van der Waals surface area contributed by atoms with Crippen LogP contribution in [0.25, 0.3) is 0 Å². The van der Waals surface area contributed by atoms with E-state index in [4.69, 9.17) is 11.6 Å². The molecule has 1 aromatic rings. The Bertz CT molecular complexity index is 371. The summed E-state index contributed by atoms with van der Waals surface area (Å²) in [5.74, 6) is 0.990. The Hall–Kier alpha value is -0.670. The van der Waals surface area contributed by atoms with Gasteiger partial charge in [-0.3, -0.25) is 4.79 Å². The summed E-state index contributed by atoms with van der Waals surface area (Å²) in [6.45, 7) is 0.771. The first-order valence-corrected chi connectivity index (χ1v) is 6.66. The Labute approximate surface area is 105 Å². The summed E-state index contributed by atoms with van der Waals surface area (Å²) in [7, 11) is 1.84. The monoisotopic (exact) mass is 255 g/mol. The highest BCUT2D eigenvalue weighted by atomic mass is 35.5. The maximum atomic E-state index is 11.9. The van der Waals surface area contributed by atoms with E-state index in [1.54, 1.807) is 16.7 Å². The molecule has 2 unspecified atom stereocenters. The Morgan fingerprint density at radius 2 is 2.12 bits per heavy atom. The molecule has 0 bridgehead atoms. The van der Waals surface area contributed by atoms with Gasteiger partial charge in [0.1, 0.15) is 0 Å². The van der Waals surface area contributed by atoms with Gasteiger partial charge >= 0.3 is 0 Å². The lowest BCUT2D eigenvalue weighted by Gasteiger charge is -2.13. The van der Waals surface area contributed by atoms with E-state index in [2.05, 4.69) is 0 Å². The van der Waals surface area contributed by atoms with Crippen LogP contribution in [0.15, 0.2) is 35.2 Å². The third kappa shape index (κ3) is 2.36. The highest BCUT2D eigenvalue weighted by molar-refractivity contribution is 8.00. The van der Waals surface area contributed by atoms with Crippen LogP contribution in [0.3, 0.4) is 0 Å². The molecule has 1 aromatic carbocycles. The van der Waals surface area contributed by atoms with Crippen molar-refractivity contribution in [2.45, 2.75) is 10.1 Å². The molecule has 1 saturated heterocycles. The minimum atomic E-state index is -0.0232. The largest absolute Gasteiger partial charge is 0.344 e. The van der Waals surface area contributed by atoms with Crippen molar-refractivity contribution in [2.24, 2.45) is 5.92 Å². The fourth-order valence-electron chi connectivity index (χ4n) is 1.88. The molecule has 0 N–H and O–H groups in total. The molecule has 0 radical (unpaired) electrons. The number of nitrogens with zero attached hydrogens (tertiary/aromatic N) is 1. The van der Waals surface area contributed by atoms with E-state index in [1.165, 1.54) is 0 Å². The summed E-state index contributed by atoms with van der Waals surface area (Å²) in [4.78, 5) is 14.8. The van der Waals surface area contributed by atoms with Crippen molar-refractivity contribution in [1.29, 1.82) is 0 Å². The Kier molecular flexibility index (Phi) is 3.77. The lowest BCUT2D eigenvalue weighted by molar-refractivity contribution is -0.126. The van der Waals surface area contributed by atoms with E-state index in [-0.39, 0.29) is 17.1 Å². The van der Waals surface area contributed by atoms with Gasteiger partial charge < -0.3 is 4.90 Å². The quantitative estimate of drug-likeness (QED) is 0.774. The van der Waals surface area contributed by atoms with Crippen molar-refractivity contribution >= 4 is 29.3 Å². The van der Waals surface area contributed by atoms with E-state index in [1.807, 2.05) is 37.4 Å². The van der Waals surface area contributed by atoms with Gasteiger partial charge in [0.15, 0.2) is 0 Å². The smallest absolute Gasteiger partial charge is 0.236 e. The molecular formula is C12H14ClNOS. The van der Waals surface area contributed by atoms with Crippen LogP contribution in [0.1, 0.15) is 0 Å². The topological polar surface area (TPSA) is 20.3 Å². The number of rotatable bonds is 3. The number of halogens is 1. The standard InChI is InChI=1S/C12H14ClNOS/c1-14-8-9(7-13)11(12(14)15)16-10-5-3-2-4-6-10/h2-6,9,11H,7-8H2,1H3. The first kappa shape index (κ1) is 11.8. The van der Waals surface area contributed by atoms with Gasteiger partial charge in [-0.2, -0.15) is 0 Å². The van der Waals surface area contributed by atoms with E-state index < -0.39 is 0 Å². The molecule has 0 saturated carbocycles. The number of thioether (sulfide) groups is 1. The molecule has 2 atom stereocenters. The Balaban J connectivity index is 2.11.